The second kappa shape index (κ2) is 6.32. The molecule has 2 aromatic rings. The molecule has 1 fully saturated rings. The number of furan rings is 1. The first-order valence-corrected chi connectivity index (χ1v) is 11.5. The lowest BCUT2D eigenvalue weighted by Gasteiger charge is -2.15. The molecule has 0 bridgehead atoms. The summed E-state index contributed by atoms with van der Waals surface area (Å²) in [6.45, 7) is 0.195. The lowest BCUT2D eigenvalue weighted by molar-refractivity contribution is 0.478. The van der Waals surface area contributed by atoms with Crippen LogP contribution in [0.4, 0.5) is 0 Å². The van der Waals surface area contributed by atoms with Gasteiger partial charge in [-0.05, 0) is 46.6 Å². The van der Waals surface area contributed by atoms with Gasteiger partial charge < -0.3 is 4.42 Å². The summed E-state index contributed by atoms with van der Waals surface area (Å²) in [5.74, 6) is 0.164. The van der Waals surface area contributed by atoms with Crippen molar-refractivity contribution < 1.29 is 21.3 Å². The van der Waals surface area contributed by atoms with Crippen molar-refractivity contribution in [3.05, 3.63) is 40.1 Å². The summed E-state index contributed by atoms with van der Waals surface area (Å²) in [6.07, 6.45) is 1.72. The molecule has 10 heteroatoms. The Balaban J connectivity index is 1.75. The monoisotopic (exact) mass is 439 g/mol. The molecular formula is C13H14BrNO5S3. The Morgan fingerprint density at radius 1 is 1.26 bits per heavy atom. The number of halogens is 1. The summed E-state index contributed by atoms with van der Waals surface area (Å²) in [7, 11) is -7.10. The molecule has 0 radical (unpaired) electrons. The molecule has 23 heavy (non-hydrogen) atoms. The number of sulfone groups is 1. The molecule has 0 aliphatic carbocycles. The van der Waals surface area contributed by atoms with Crippen LogP contribution in [-0.2, 0) is 25.6 Å². The summed E-state index contributed by atoms with van der Waals surface area (Å²) < 4.78 is 57.2. The van der Waals surface area contributed by atoms with Gasteiger partial charge in [-0.25, -0.2) is 16.8 Å². The van der Waals surface area contributed by atoms with Gasteiger partial charge in [0.2, 0.25) is 0 Å². The van der Waals surface area contributed by atoms with Crippen LogP contribution in [0.15, 0.2) is 42.9 Å². The van der Waals surface area contributed by atoms with E-state index in [1.54, 1.807) is 18.2 Å². The molecule has 1 saturated heterocycles. The third-order valence-electron chi connectivity index (χ3n) is 3.68. The van der Waals surface area contributed by atoms with Gasteiger partial charge in [0, 0.05) is 13.1 Å². The number of thiophene rings is 1. The van der Waals surface area contributed by atoms with Crippen LogP contribution in [-0.4, -0.2) is 39.5 Å². The SMILES string of the molecule is O=S(=O)(Cc1ccco1)[C@H]1CCN(S(=O)(=O)c2ccc(Br)s2)C1. The Hall–Kier alpha value is -0.680. The second-order valence-corrected chi connectivity index (χ2v) is 12.1. The van der Waals surface area contributed by atoms with Crippen LogP contribution in [0.2, 0.25) is 0 Å². The van der Waals surface area contributed by atoms with Crippen molar-refractivity contribution in [1.29, 1.82) is 0 Å². The quantitative estimate of drug-likeness (QED) is 0.713. The standard InChI is InChI=1S/C13H14BrNO5S3/c14-12-3-4-13(21-12)23(18,19)15-6-5-11(8-15)22(16,17)9-10-2-1-7-20-10/h1-4,7,11H,5-6,8-9H2/t11-/m0/s1. The number of rotatable bonds is 5. The first-order chi connectivity index (χ1) is 10.8. The second-order valence-electron chi connectivity index (χ2n) is 5.22. The largest absolute Gasteiger partial charge is 0.468 e. The Morgan fingerprint density at radius 3 is 2.65 bits per heavy atom. The molecule has 1 aliphatic rings. The number of nitrogens with zero attached hydrogens (tertiary/aromatic N) is 1. The van der Waals surface area contributed by atoms with E-state index < -0.39 is 25.1 Å². The van der Waals surface area contributed by atoms with Crippen LogP contribution in [0.25, 0.3) is 0 Å². The molecule has 126 valence electrons. The minimum atomic E-state index is -3.64. The van der Waals surface area contributed by atoms with E-state index in [9.17, 15) is 16.8 Å². The van der Waals surface area contributed by atoms with Crippen LogP contribution in [0.5, 0.6) is 0 Å². The van der Waals surface area contributed by atoms with Gasteiger partial charge in [-0.1, -0.05) is 0 Å². The third kappa shape index (κ3) is 3.55. The van der Waals surface area contributed by atoms with Crippen LogP contribution in [0.1, 0.15) is 12.2 Å². The lowest BCUT2D eigenvalue weighted by Crippen LogP contribution is -2.32. The van der Waals surface area contributed by atoms with Crippen LogP contribution in [0.3, 0.4) is 0 Å². The highest BCUT2D eigenvalue weighted by molar-refractivity contribution is 9.11. The van der Waals surface area contributed by atoms with Gasteiger partial charge in [0.25, 0.3) is 10.0 Å². The van der Waals surface area contributed by atoms with E-state index in [0.717, 1.165) is 15.1 Å². The molecular weight excluding hydrogens is 426 g/mol. The fraction of sp³-hybridized carbons (Fsp3) is 0.385. The Morgan fingerprint density at radius 2 is 2.04 bits per heavy atom. The minimum Gasteiger partial charge on any atom is -0.468 e. The average molecular weight is 440 g/mol. The molecule has 6 nitrogen and oxygen atoms in total. The van der Waals surface area contributed by atoms with Gasteiger partial charge >= 0.3 is 0 Å². The molecule has 0 unspecified atom stereocenters. The molecule has 0 N–H and O–H groups in total. The van der Waals surface area contributed by atoms with Gasteiger partial charge in [0.05, 0.1) is 15.3 Å². The first kappa shape index (κ1) is 17.2. The number of hydrogen-bond donors (Lipinski definition) is 0. The van der Waals surface area contributed by atoms with E-state index in [-0.39, 0.29) is 23.1 Å². The molecule has 0 spiro atoms. The summed E-state index contributed by atoms with van der Waals surface area (Å²) >= 11 is 4.36. The van der Waals surface area contributed by atoms with Gasteiger partial charge in [-0.3, -0.25) is 0 Å². The molecule has 3 heterocycles. The topological polar surface area (TPSA) is 84.7 Å². The molecule has 1 atom stereocenters. The highest BCUT2D eigenvalue weighted by atomic mass is 79.9. The van der Waals surface area contributed by atoms with Crippen molar-refractivity contribution in [2.75, 3.05) is 13.1 Å². The van der Waals surface area contributed by atoms with Crippen molar-refractivity contribution in [1.82, 2.24) is 4.31 Å². The molecule has 2 aromatic heterocycles. The van der Waals surface area contributed by atoms with E-state index >= 15 is 0 Å². The summed E-state index contributed by atoms with van der Waals surface area (Å²) in [6, 6.07) is 6.42. The van der Waals surface area contributed by atoms with Crippen LogP contribution >= 0.6 is 27.3 Å². The fourth-order valence-electron chi connectivity index (χ4n) is 2.48. The summed E-state index contributed by atoms with van der Waals surface area (Å²) in [5, 5.41) is -0.703. The lowest BCUT2D eigenvalue weighted by atomic mass is 10.4. The van der Waals surface area contributed by atoms with Crippen molar-refractivity contribution in [3.63, 3.8) is 0 Å². The highest BCUT2D eigenvalue weighted by Gasteiger charge is 2.39. The zero-order valence-corrected chi connectivity index (χ0v) is 15.9. The van der Waals surface area contributed by atoms with Gasteiger partial charge in [-0.15, -0.1) is 11.3 Å². The van der Waals surface area contributed by atoms with Gasteiger partial charge in [0.1, 0.15) is 15.7 Å². The summed E-state index contributed by atoms with van der Waals surface area (Å²) in [5.41, 5.74) is 0. The third-order valence-corrected chi connectivity index (χ3v) is 9.73. The van der Waals surface area contributed by atoms with E-state index in [4.69, 9.17) is 4.42 Å². The van der Waals surface area contributed by atoms with Crippen LogP contribution < -0.4 is 0 Å². The smallest absolute Gasteiger partial charge is 0.252 e. The van der Waals surface area contributed by atoms with Gasteiger partial charge in [-0.2, -0.15) is 4.31 Å². The maximum atomic E-state index is 12.5. The maximum Gasteiger partial charge on any atom is 0.252 e. The van der Waals surface area contributed by atoms with Crippen molar-refractivity contribution in [3.8, 4) is 0 Å². The normalized spacial score (nSPS) is 20.1. The molecule has 0 saturated carbocycles. The predicted molar refractivity (Wildman–Crippen MR) is 90.5 cm³/mol. The molecule has 1 aliphatic heterocycles. The van der Waals surface area contributed by atoms with Crippen LogP contribution in [0, 0.1) is 0 Å². The van der Waals surface area contributed by atoms with Crippen molar-refractivity contribution in [2.24, 2.45) is 0 Å². The van der Waals surface area contributed by atoms with Gasteiger partial charge in [0.15, 0.2) is 9.84 Å². The fourth-order valence-corrected chi connectivity index (χ4v) is 7.91. The van der Waals surface area contributed by atoms with E-state index in [1.807, 2.05) is 0 Å². The van der Waals surface area contributed by atoms with E-state index in [0.29, 0.717) is 12.2 Å². The van der Waals surface area contributed by atoms with E-state index in [1.165, 1.54) is 16.6 Å². The zero-order chi connectivity index (χ0) is 16.7. The van der Waals surface area contributed by atoms with Crippen molar-refractivity contribution in [2.45, 2.75) is 21.6 Å². The van der Waals surface area contributed by atoms with E-state index in [2.05, 4.69) is 15.9 Å². The minimum absolute atomic E-state index is 0.0130. The summed E-state index contributed by atoms with van der Waals surface area (Å²) in [4.78, 5) is 0. The van der Waals surface area contributed by atoms with Crippen molar-refractivity contribution >= 4 is 47.1 Å². The molecule has 0 aromatic carbocycles. The Bertz CT molecular complexity index is 886. The zero-order valence-electron chi connectivity index (χ0n) is 11.9. The maximum absolute atomic E-state index is 12.5. The highest BCUT2D eigenvalue weighted by Crippen LogP contribution is 2.31. The Kier molecular flexibility index (Phi) is 4.71. The Labute approximate surface area is 147 Å². The molecule has 3 rings (SSSR count). The first-order valence-electron chi connectivity index (χ1n) is 6.78. The molecule has 0 amide bonds. The average Bonchev–Trinajstić information content (AvgIpc) is 3.18. The number of sulfonamides is 1. The predicted octanol–water partition coefficient (Wildman–Crippen LogP) is 2.48. The number of hydrogen-bond acceptors (Lipinski definition) is 6.